The molecule has 1 N–H and O–H groups in total. The van der Waals surface area contributed by atoms with Crippen molar-refractivity contribution in [2.45, 2.75) is 32.2 Å². The zero-order valence-corrected chi connectivity index (χ0v) is 15.1. The molecule has 0 unspecified atom stereocenters. The van der Waals surface area contributed by atoms with E-state index >= 15 is 0 Å². The van der Waals surface area contributed by atoms with Gasteiger partial charge in [0.2, 0.25) is 5.91 Å². The number of hydrogen-bond donors (Lipinski definition) is 1. The lowest BCUT2D eigenvalue weighted by Gasteiger charge is -2.35. The number of carbonyl (C=O) groups is 2. The lowest BCUT2D eigenvalue weighted by atomic mass is 9.94. The number of carbonyl (C=O) groups excluding carboxylic acids is 2. The summed E-state index contributed by atoms with van der Waals surface area (Å²) < 4.78 is 0. The highest BCUT2D eigenvalue weighted by molar-refractivity contribution is 6.36. The lowest BCUT2D eigenvalue weighted by molar-refractivity contribution is -0.139. The maximum atomic E-state index is 12.6. The first kappa shape index (κ1) is 17.4. The lowest BCUT2D eigenvalue weighted by Crippen LogP contribution is -2.48. The molecule has 3 heterocycles. The van der Waals surface area contributed by atoms with Crippen molar-refractivity contribution < 1.29 is 9.59 Å². The second-order valence-corrected chi connectivity index (χ2v) is 7.26. The summed E-state index contributed by atoms with van der Waals surface area (Å²) in [7, 11) is 0. The third kappa shape index (κ3) is 3.47. The minimum absolute atomic E-state index is 0.0956. The fraction of sp³-hybridized carbons (Fsp3) is 0.529. The standard InChI is InChI=1S/C17H21Cl2N3O2/c1-2-7-22-13-5-3-11(16(22)23)9-21(10-13)17(24)20-15-6-4-12(18)8-14(15)19/h4,6,8,11,13H,2-3,5,7,9-10H2,1H3,(H,20,24)/t11-,13+/m0/s1. The molecule has 1 aromatic rings. The van der Waals surface area contributed by atoms with Gasteiger partial charge in [0.15, 0.2) is 0 Å². The summed E-state index contributed by atoms with van der Waals surface area (Å²) in [6, 6.07) is 4.85. The van der Waals surface area contributed by atoms with Gasteiger partial charge in [-0.2, -0.15) is 0 Å². The van der Waals surface area contributed by atoms with E-state index in [2.05, 4.69) is 12.2 Å². The van der Waals surface area contributed by atoms with Crippen LogP contribution >= 0.6 is 23.2 Å². The number of amides is 3. The van der Waals surface area contributed by atoms with E-state index in [1.807, 2.05) is 4.90 Å². The first-order chi connectivity index (χ1) is 11.5. The molecule has 3 fully saturated rings. The van der Waals surface area contributed by atoms with Crippen LogP contribution in [0.15, 0.2) is 18.2 Å². The van der Waals surface area contributed by atoms with Gasteiger partial charge in [-0.3, -0.25) is 4.79 Å². The van der Waals surface area contributed by atoms with E-state index in [1.54, 1.807) is 23.1 Å². The van der Waals surface area contributed by atoms with E-state index in [4.69, 9.17) is 23.2 Å². The van der Waals surface area contributed by atoms with Gasteiger partial charge in [0.1, 0.15) is 0 Å². The van der Waals surface area contributed by atoms with Crippen LogP contribution in [-0.2, 0) is 4.79 Å². The summed E-state index contributed by atoms with van der Waals surface area (Å²) in [5.74, 6) is 0.0923. The number of rotatable bonds is 3. The third-order valence-corrected chi connectivity index (χ3v) is 5.27. The minimum atomic E-state index is -0.220. The number of hydrogen-bond acceptors (Lipinski definition) is 2. The predicted octanol–water partition coefficient (Wildman–Crippen LogP) is 3.86. The van der Waals surface area contributed by atoms with Crippen LogP contribution in [0.25, 0.3) is 0 Å². The molecular weight excluding hydrogens is 349 g/mol. The molecule has 2 atom stereocenters. The first-order valence-corrected chi connectivity index (χ1v) is 9.06. The van der Waals surface area contributed by atoms with E-state index in [0.717, 1.165) is 25.8 Å². The molecule has 130 valence electrons. The molecule has 3 aliphatic heterocycles. The molecule has 7 heteroatoms. The summed E-state index contributed by atoms with van der Waals surface area (Å²) in [6.07, 6.45) is 2.75. The Morgan fingerprint density at radius 3 is 2.79 bits per heavy atom. The van der Waals surface area contributed by atoms with Crippen LogP contribution in [0, 0.1) is 5.92 Å². The van der Waals surface area contributed by atoms with Gasteiger partial charge < -0.3 is 15.1 Å². The molecule has 0 radical (unpaired) electrons. The number of fused-ring (bicyclic) bond motifs is 4. The largest absolute Gasteiger partial charge is 0.338 e. The van der Waals surface area contributed by atoms with Gasteiger partial charge in [-0.1, -0.05) is 30.1 Å². The second-order valence-electron chi connectivity index (χ2n) is 6.42. The minimum Gasteiger partial charge on any atom is -0.338 e. The van der Waals surface area contributed by atoms with Gasteiger partial charge in [-0.05, 0) is 37.5 Å². The molecule has 0 spiro atoms. The molecule has 2 bridgehead atoms. The Kier molecular flexibility index (Phi) is 5.21. The number of nitrogens with one attached hydrogen (secondary N) is 1. The molecule has 24 heavy (non-hydrogen) atoms. The molecule has 3 amide bonds. The third-order valence-electron chi connectivity index (χ3n) is 4.72. The molecule has 3 saturated heterocycles. The summed E-state index contributed by atoms with van der Waals surface area (Å²) in [5, 5.41) is 3.75. The predicted molar refractivity (Wildman–Crippen MR) is 95.6 cm³/mol. The van der Waals surface area contributed by atoms with Gasteiger partial charge in [-0.15, -0.1) is 0 Å². The quantitative estimate of drug-likeness (QED) is 0.879. The van der Waals surface area contributed by atoms with Gasteiger partial charge in [0.25, 0.3) is 0 Å². The molecule has 1 aromatic carbocycles. The highest BCUT2D eigenvalue weighted by Gasteiger charge is 2.41. The van der Waals surface area contributed by atoms with Crippen molar-refractivity contribution >= 4 is 40.8 Å². The summed E-state index contributed by atoms with van der Waals surface area (Å²) in [5.41, 5.74) is 0.527. The molecule has 5 nitrogen and oxygen atoms in total. The van der Waals surface area contributed by atoms with Gasteiger partial charge in [-0.25, -0.2) is 4.79 Å². The van der Waals surface area contributed by atoms with E-state index in [0.29, 0.717) is 28.8 Å². The van der Waals surface area contributed by atoms with Crippen LogP contribution in [0.2, 0.25) is 10.0 Å². The van der Waals surface area contributed by atoms with Crippen molar-refractivity contribution in [1.82, 2.24) is 9.80 Å². The first-order valence-electron chi connectivity index (χ1n) is 8.31. The van der Waals surface area contributed by atoms with Crippen LogP contribution in [0.1, 0.15) is 26.2 Å². The Hall–Kier alpha value is -1.46. The Bertz CT molecular complexity index is 653. The van der Waals surface area contributed by atoms with Crippen molar-refractivity contribution in [1.29, 1.82) is 0 Å². The fourth-order valence-corrected chi connectivity index (χ4v) is 3.98. The molecule has 0 saturated carbocycles. The number of nitrogens with zero attached hydrogens (tertiary/aromatic N) is 2. The van der Waals surface area contributed by atoms with Crippen molar-refractivity contribution in [3.05, 3.63) is 28.2 Å². The number of benzene rings is 1. The van der Waals surface area contributed by atoms with Crippen molar-refractivity contribution in [3.8, 4) is 0 Å². The van der Waals surface area contributed by atoms with Crippen molar-refractivity contribution in [2.24, 2.45) is 5.92 Å². The summed E-state index contributed by atoms with van der Waals surface area (Å²) in [4.78, 5) is 28.9. The van der Waals surface area contributed by atoms with Crippen LogP contribution in [0.5, 0.6) is 0 Å². The van der Waals surface area contributed by atoms with E-state index in [9.17, 15) is 9.59 Å². The summed E-state index contributed by atoms with van der Waals surface area (Å²) in [6.45, 7) is 3.86. The van der Waals surface area contributed by atoms with Gasteiger partial charge in [0, 0.05) is 30.7 Å². The average molecular weight is 370 g/mol. The van der Waals surface area contributed by atoms with Crippen LogP contribution < -0.4 is 5.32 Å². The highest BCUT2D eigenvalue weighted by atomic mass is 35.5. The topological polar surface area (TPSA) is 52.7 Å². The van der Waals surface area contributed by atoms with Crippen LogP contribution in [0.3, 0.4) is 0 Å². The van der Waals surface area contributed by atoms with Crippen molar-refractivity contribution in [2.75, 3.05) is 25.0 Å². The fourth-order valence-electron chi connectivity index (χ4n) is 3.53. The second kappa shape index (κ2) is 7.19. The number of piperidine rings is 1. The van der Waals surface area contributed by atoms with Crippen molar-refractivity contribution in [3.63, 3.8) is 0 Å². The van der Waals surface area contributed by atoms with Crippen LogP contribution in [-0.4, -0.2) is 47.4 Å². The molecular formula is C17H21Cl2N3O2. The van der Waals surface area contributed by atoms with E-state index in [-0.39, 0.29) is 23.9 Å². The van der Waals surface area contributed by atoms with Gasteiger partial charge in [0.05, 0.1) is 16.6 Å². The summed E-state index contributed by atoms with van der Waals surface area (Å²) >= 11 is 12.0. The maximum absolute atomic E-state index is 12.6. The number of halogens is 2. The zero-order chi connectivity index (χ0) is 17.3. The maximum Gasteiger partial charge on any atom is 0.321 e. The number of urea groups is 1. The average Bonchev–Trinajstić information content (AvgIpc) is 2.83. The number of anilines is 1. The zero-order valence-electron chi connectivity index (χ0n) is 13.6. The highest BCUT2D eigenvalue weighted by Crippen LogP contribution is 2.30. The molecule has 4 rings (SSSR count). The van der Waals surface area contributed by atoms with Crippen LogP contribution in [0.4, 0.5) is 10.5 Å². The van der Waals surface area contributed by atoms with E-state index < -0.39 is 0 Å². The Balaban J connectivity index is 1.73. The Morgan fingerprint density at radius 1 is 1.29 bits per heavy atom. The normalized spacial score (nSPS) is 23.4. The Labute approximate surface area is 151 Å². The molecule has 3 aliphatic rings. The smallest absolute Gasteiger partial charge is 0.321 e. The Morgan fingerprint density at radius 2 is 2.08 bits per heavy atom. The monoisotopic (exact) mass is 369 g/mol. The SMILES string of the molecule is CCCN1C(=O)[C@H]2CC[C@@H]1CN(C(=O)Nc1ccc(Cl)cc1Cl)C2. The van der Waals surface area contributed by atoms with E-state index in [1.165, 1.54) is 0 Å². The molecule has 0 aliphatic carbocycles. The molecule has 0 aromatic heterocycles. The van der Waals surface area contributed by atoms with Gasteiger partial charge >= 0.3 is 6.03 Å².